The van der Waals surface area contributed by atoms with E-state index in [1.165, 1.54) is 0 Å². The Morgan fingerprint density at radius 3 is 2.61 bits per heavy atom. The van der Waals surface area contributed by atoms with Crippen molar-refractivity contribution in [2.24, 2.45) is 5.92 Å². The molecule has 0 spiro atoms. The molecule has 2 aromatic rings. The van der Waals surface area contributed by atoms with Crippen LogP contribution in [0, 0.1) is 24.2 Å². The predicted octanol–water partition coefficient (Wildman–Crippen LogP) is 3.11. The van der Waals surface area contributed by atoms with Crippen LogP contribution in [0.1, 0.15) is 18.1 Å². The predicted molar refractivity (Wildman–Crippen MR) is 88.0 cm³/mol. The van der Waals surface area contributed by atoms with Crippen molar-refractivity contribution in [3.05, 3.63) is 53.7 Å². The van der Waals surface area contributed by atoms with E-state index in [2.05, 4.69) is 16.4 Å². The topological polar surface area (TPSA) is 75.0 Å². The van der Waals surface area contributed by atoms with Gasteiger partial charge in [-0.2, -0.15) is 5.26 Å². The lowest BCUT2D eigenvalue weighted by Crippen LogP contribution is -2.23. The van der Waals surface area contributed by atoms with E-state index in [9.17, 15) is 10.1 Å². The van der Waals surface area contributed by atoms with Gasteiger partial charge in [0.25, 0.3) is 0 Å². The number of nitriles is 1. The first kappa shape index (κ1) is 16.5. The summed E-state index contributed by atoms with van der Waals surface area (Å²) < 4.78 is 5.38. The van der Waals surface area contributed by atoms with E-state index < -0.39 is 5.92 Å². The van der Waals surface area contributed by atoms with Gasteiger partial charge in [0.2, 0.25) is 5.91 Å². The molecule has 0 saturated carbocycles. The zero-order valence-corrected chi connectivity index (χ0v) is 13.2. The molecule has 0 radical (unpaired) electrons. The second-order valence-electron chi connectivity index (χ2n) is 5.17. The number of pyridine rings is 1. The molecule has 23 heavy (non-hydrogen) atoms. The molecule has 1 N–H and O–H groups in total. The summed E-state index contributed by atoms with van der Waals surface area (Å²) in [7, 11) is 0. The number of benzene rings is 1. The smallest absolute Gasteiger partial charge is 0.243 e. The lowest BCUT2D eigenvalue weighted by Gasteiger charge is -2.10. The summed E-state index contributed by atoms with van der Waals surface area (Å²) in [5.74, 6) is 0.111. The molecule has 2 rings (SSSR count). The first-order valence-electron chi connectivity index (χ1n) is 7.47. The molecule has 5 nitrogen and oxygen atoms in total. The number of ether oxygens (including phenoxy) is 1. The van der Waals surface area contributed by atoms with Gasteiger partial charge in [-0.25, -0.2) is 4.98 Å². The Morgan fingerprint density at radius 2 is 2.04 bits per heavy atom. The molecular formula is C18H19N3O2. The van der Waals surface area contributed by atoms with Gasteiger partial charge in [0.1, 0.15) is 17.5 Å². The van der Waals surface area contributed by atoms with Crippen molar-refractivity contribution < 1.29 is 9.53 Å². The van der Waals surface area contributed by atoms with Crippen LogP contribution in [0.3, 0.4) is 0 Å². The highest BCUT2D eigenvalue weighted by atomic mass is 16.5. The molecule has 1 heterocycles. The molecule has 0 aliphatic heterocycles. The number of carbonyl (C=O) groups excluding carboxylic acids is 1. The highest BCUT2D eigenvalue weighted by molar-refractivity contribution is 5.93. The van der Waals surface area contributed by atoms with Gasteiger partial charge in [-0.15, -0.1) is 0 Å². The minimum atomic E-state index is -0.768. The number of hydrogen-bond acceptors (Lipinski definition) is 4. The van der Waals surface area contributed by atoms with Crippen LogP contribution < -0.4 is 10.1 Å². The third-order valence-electron chi connectivity index (χ3n) is 3.31. The van der Waals surface area contributed by atoms with Crippen molar-refractivity contribution >= 4 is 11.7 Å². The lowest BCUT2D eigenvalue weighted by molar-refractivity contribution is -0.118. The normalized spacial score (nSPS) is 11.3. The summed E-state index contributed by atoms with van der Waals surface area (Å²) >= 11 is 0. The molecule has 0 aliphatic carbocycles. The van der Waals surface area contributed by atoms with Gasteiger partial charge >= 0.3 is 0 Å². The molecule has 0 aliphatic rings. The van der Waals surface area contributed by atoms with Crippen molar-refractivity contribution in [2.45, 2.75) is 20.3 Å². The van der Waals surface area contributed by atoms with Crippen molar-refractivity contribution in [3.8, 4) is 11.8 Å². The summed E-state index contributed by atoms with van der Waals surface area (Å²) in [4.78, 5) is 16.3. The SMILES string of the molecule is CCOc1ccc(C[C@@H](C#N)C(=O)Nc2ccc(C)cn2)cc1. The zero-order valence-electron chi connectivity index (χ0n) is 13.2. The summed E-state index contributed by atoms with van der Waals surface area (Å²) in [6.07, 6.45) is 2.02. The molecule has 118 valence electrons. The molecule has 1 amide bonds. The average Bonchev–Trinajstić information content (AvgIpc) is 2.56. The molecule has 0 bridgehead atoms. The van der Waals surface area contributed by atoms with Crippen LogP contribution >= 0.6 is 0 Å². The molecule has 1 atom stereocenters. The first-order valence-corrected chi connectivity index (χ1v) is 7.47. The molecular weight excluding hydrogens is 290 g/mol. The fourth-order valence-corrected chi connectivity index (χ4v) is 2.08. The van der Waals surface area contributed by atoms with Gasteiger partial charge in [0.15, 0.2) is 0 Å². The zero-order chi connectivity index (χ0) is 16.7. The fourth-order valence-electron chi connectivity index (χ4n) is 2.08. The van der Waals surface area contributed by atoms with Crippen LogP contribution in [0.5, 0.6) is 5.75 Å². The van der Waals surface area contributed by atoms with E-state index in [1.54, 1.807) is 12.3 Å². The van der Waals surface area contributed by atoms with Crippen molar-refractivity contribution in [1.29, 1.82) is 5.26 Å². The number of carbonyl (C=O) groups is 1. The molecule has 0 fully saturated rings. The monoisotopic (exact) mass is 309 g/mol. The number of anilines is 1. The summed E-state index contributed by atoms with van der Waals surface area (Å²) in [6, 6.07) is 13.0. The third-order valence-corrected chi connectivity index (χ3v) is 3.31. The van der Waals surface area contributed by atoms with Crippen molar-refractivity contribution in [3.63, 3.8) is 0 Å². The van der Waals surface area contributed by atoms with E-state index in [0.717, 1.165) is 16.9 Å². The molecule has 0 unspecified atom stereocenters. The van der Waals surface area contributed by atoms with Crippen molar-refractivity contribution in [2.75, 3.05) is 11.9 Å². The number of rotatable bonds is 6. The second kappa shape index (κ2) is 7.95. The Bertz CT molecular complexity index is 688. The van der Waals surface area contributed by atoms with Crippen molar-refractivity contribution in [1.82, 2.24) is 4.98 Å². The maximum atomic E-state index is 12.2. The number of nitrogens with zero attached hydrogens (tertiary/aromatic N) is 2. The van der Waals surface area contributed by atoms with Gasteiger partial charge < -0.3 is 10.1 Å². The molecule has 1 aromatic carbocycles. The summed E-state index contributed by atoms with van der Waals surface area (Å²) in [5, 5.41) is 11.9. The van der Waals surface area contributed by atoms with Crippen LogP contribution in [0.4, 0.5) is 5.82 Å². The van der Waals surface area contributed by atoms with Gasteiger partial charge in [-0.05, 0) is 49.6 Å². The average molecular weight is 309 g/mol. The van der Waals surface area contributed by atoms with E-state index in [0.29, 0.717) is 18.8 Å². The largest absolute Gasteiger partial charge is 0.494 e. The van der Waals surface area contributed by atoms with E-state index in [4.69, 9.17) is 4.74 Å². The number of hydrogen-bond donors (Lipinski definition) is 1. The quantitative estimate of drug-likeness (QED) is 0.889. The highest BCUT2D eigenvalue weighted by Crippen LogP contribution is 2.16. The van der Waals surface area contributed by atoms with Gasteiger partial charge in [-0.3, -0.25) is 4.79 Å². The highest BCUT2D eigenvalue weighted by Gasteiger charge is 2.19. The van der Waals surface area contributed by atoms with Crippen LogP contribution in [0.15, 0.2) is 42.6 Å². The maximum Gasteiger partial charge on any atom is 0.243 e. The lowest BCUT2D eigenvalue weighted by atomic mass is 10.00. The summed E-state index contributed by atoms with van der Waals surface area (Å²) in [6.45, 7) is 4.44. The molecule has 0 saturated heterocycles. The second-order valence-corrected chi connectivity index (χ2v) is 5.17. The van der Waals surface area contributed by atoms with E-state index in [1.807, 2.05) is 44.2 Å². The third kappa shape index (κ3) is 4.82. The number of aryl methyl sites for hydroxylation is 1. The van der Waals surface area contributed by atoms with E-state index in [-0.39, 0.29) is 5.91 Å². The van der Waals surface area contributed by atoms with Gasteiger partial charge in [0, 0.05) is 6.20 Å². The number of aromatic nitrogens is 1. The summed E-state index contributed by atoms with van der Waals surface area (Å²) in [5.41, 5.74) is 1.92. The molecule has 5 heteroatoms. The maximum absolute atomic E-state index is 12.2. The first-order chi connectivity index (χ1) is 11.1. The minimum Gasteiger partial charge on any atom is -0.494 e. The van der Waals surface area contributed by atoms with E-state index >= 15 is 0 Å². The Morgan fingerprint density at radius 1 is 1.30 bits per heavy atom. The van der Waals surface area contributed by atoms with Crippen LogP contribution in [0.25, 0.3) is 0 Å². The number of nitrogens with one attached hydrogen (secondary N) is 1. The van der Waals surface area contributed by atoms with Crippen LogP contribution in [-0.2, 0) is 11.2 Å². The van der Waals surface area contributed by atoms with Gasteiger partial charge in [-0.1, -0.05) is 18.2 Å². The van der Waals surface area contributed by atoms with Crippen LogP contribution in [0.2, 0.25) is 0 Å². The van der Waals surface area contributed by atoms with Gasteiger partial charge in [0.05, 0.1) is 12.7 Å². The Balaban J connectivity index is 2.00. The minimum absolute atomic E-state index is 0.348. The Labute approximate surface area is 135 Å². The molecule has 1 aromatic heterocycles. The van der Waals surface area contributed by atoms with Crippen LogP contribution in [-0.4, -0.2) is 17.5 Å². The Kier molecular flexibility index (Phi) is 5.70. The number of amides is 1. The Hall–Kier alpha value is -2.87. The standard InChI is InChI=1S/C18H19N3O2/c1-3-23-16-7-5-14(6-8-16)10-15(11-19)18(22)21-17-9-4-13(2)12-20-17/h4-9,12,15H,3,10H2,1-2H3,(H,20,21,22)/t15-/m0/s1. The fraction of sp³-hybridized carbons (Fsp3) is 0.278.